The van der Waals surface area contributed by atoms with Gasteiger partial charge in [0.1, 0.15) is 5.67 Å². The van der Waals surface area contributed by atoms with Crippen LogP contribution in [0.1, 0.15) is 26.3 Å². The lowest BCUT2D eigenvalue weighted by Crippen LogP contribution is -2.27. The van der Waals surface area contributed by atoms with E-state index in [1.165, 1.54) is 6.92 Å². The highest BCUT2D eigenvalue weighted by Crippen LogP contribution is 2.34. The van der Waals surface area contributed by atoms with Gasteiger partial charge < -0.3 is 5.73 Å². The van der Waals surface area contributed by atoms with E-state index in [2.05, 4.69) is 13.8 Å². The van der Waals surface area contributed by atoms with Crippen LogP contribution in [-0.2, 0) is 5.67 Å². The van der Waals surface area contributed by atoms with Crippen LogP contribution in [-0.4, -0.2) is 11.8 Å². The second kappa shape index (κ2) is 4.99. The van der Waals surface area contributed by atoms with Gasteiger partial charge in [0.2, 0.25) is 0 Å². The maximum absolute atomic E-state index is 14.1. The fourth-order valence-electron chi connectivity index (χ4n) is 1.36. The molecule has 15 heavy (non-hydrogen) atoms. The molecule has 1 nitrogen and oxygen atoms in total. The zero-order chi connectivity index (χ0) is 11.5. The third-order valence-electron chi connectivity index (χ3n) is 2.19. The molecular weight excluding hydrogens is 209 g/mol. The van der Waals surface area contributed by atoms with Crippen molar-refractivity contribution in [2.45, 2.75) is 36.6 Å². The zero-order valence-electron chi connectivity index (χ0n) is 9.46. The van der Waals surface area contributed by atoms with Gasteiger partial charge in [-0.3, -0.25) is 0 Å². The Hall–Kier alpha value is -0.540. The fourth-order valence-corrected chi connectivity index (χ4v) is 2.44. The van der Waals surface area contributed by atoms with E-state index >= 15 is 0 Å². The van der Waals surface area contributed by atoms with Gasteiger partial charge in [0, 0.05) is 22.3 Å². The number of benzene rings is 1. The summed E-state index contributed by atoms with van der Waals surface area (Å²) in [5, 5.41) is 0.444. The van der Waals surface area contributed by atoms with E-state index < -0.39 is 5.67 Å². The van der Waals surface area contributed by atoms with Gasteiger partial charge in [-0.05, 0) is 13.0 Å². The molecule has 2 N–H and O–H groups in total. The van der Waals surface area contributed by atoms with Crippen LogP contribution in [0.4, 0.5) is 4.39 Å². The summed E-state index contributed by atoms with van der Waals surface area (Å²) in [6.45, 7) is 5.74. The number of alkyl halides is 1. The summed E-state index contributed by atoms with van der Waals surface area (Å²) < 4.78 is 14.1. The molecule has 84 valence electrons. The van der Waals surface area contributed by atoms with Crippen molar-refractivity contribution in [1.29, 1.82) is 0 Å². The zero-order valence-corrected chi connectivity index (χ0v) is 10.3. The van der Waals surface area contributed by atoms with E-state index in [1.54, 1.807) is 11.8 Å². The lowest BCUT2D eigenvalue weighted by molar-refractivity contribution is 0.199. The Morgan fingerprint density at radius 2 is 2.00 bits per heavy atom. The number of hydrogen-bond acceptors (Lipinski definition) is 2. The smallest absolute Gasteiger partial charge is 0.146 e. The molecule has 0 heterocycles. The number of thioether (sulfide) groups is 1. The van der Waals surface area contributed by atoms with Gasteiger partial charge in [-0.25, -0.2) is 4.39 Å². The molecule has 0 bridgehead atoms. The number of rotatable bonds is 4. The maximum atomic E-state index is 14.1. The highest BCUT2D eigenvalue weighted by molar-refractivity contribution is 8.00. The molecule has 0 aliphatic heterocycles. The summed E-state index contributed by atoms with van der Waals surface area (Å²) in [7, 11) is 0. The average molecular weight is 227 g/mol. The molecule has 1 unspecified atom stereocenters. The van der Waals surface area contributed by atoms with E-state index in [9.17, 15) is 4.39 Å². The quantitative estimate of drug-likeness (QED) is 0.798. The van der Waals surface area contributed by atoms with Crippen LogP contribution >= 0.6 is 11.8 Å². The van der Waals surface area contributed by atoms with Crippen LogP contribution in [0.5, 0.6) is 0 Å². The van der Waals surface area contributed by atoms with Crippen molar-refractivity contribution in [3.63, 3.8) is 0 Å². The van der Waals surface area contributed by atoms with Crippen LogP contribution in [0.25, 0.3) is 0 Å². The largest absolute Gasteiger partial charge is 0.327 e. The van der Waals surface area contributed by atoms with Crippen molar-refractivity contribution < 1.29 is 4.39 Å². The molecule has 1 atom stereocenters. The first kappa shape index (κ1) is 12.5. The Balaban J connectivity index is 3.06. The van der Waals surface area contributed by atoms with Gasteiger partial charge in [-0.1, -0.05) is 32.0 Å². The van der Waals surface area contributed by atoms with Crippen LogP contribution in [0.15, 0.2) is 29.2 Å². The van der Waals surface area contributed by atoms with Gasteiger partial charge in [0.25, 0.3) is 0 Å². The first-order valence-electron chi connectivity index (χ1n) is 5.12. The number of halogens is 1. The van der Waals surface area contributed by atoms with Gasteiger partial charge >= 0.3 is 0 Å². The molecule has 0 aliphatic carbocycles. The highest BCUT2D eigenvalue weighted by Gasteiger charge is 2.26. The normalized spacial score (nSPS) is 15.3. The van der Waals surface area contributed by atoms with Crippen molar-refractivity contribution in [2.24, 2.45) is 5.73 Å². The van der Waals surface area contributed by atoms with Crippen LogP contribution in [0.3, 0.4) is 0 Å². The molecule has 1 rings (SSSR count). The van der Waals surface area contributed by atoms with Crippen molar-refractivity contribution in [1.82, 2.24) is 0 Å². The van der Waals surface area contributed by atoms with Crippen molar-refractivity contribution in [3.8, 4) is 0 Å². The Morgan fingerprint density at radius 3 is 2.53 bits per heavy atom. The molecule has 0 saturated heterocycles. The molecule has 0 aromatic heterocycles. The summed E-state index contributed by atoms with van der Waals surface area (Å²) in [6, 6.07) is 7.55. The Kier molecular flexibility index (Phi) is 4.17. The number of hydrogen-bond donors (Lipinski definition) is 1. The first-order valence-corrected chi connectivity index (χ1v) is 6.00. The van der Waals surface area contributed by atoms with Crippen LogP contribution in [0.2, 0.25) is 0 Å². The summed E-state index contributed by atoms with van der Waals surface area (Å²) in [5.74, 6) is 0. The molecule has 0 spiro atoms. The summed E-state index contributed by atoms with van der Waals surface area (Å²) in [6.07, 6.45) is 0. The second-order valence-corrected chi connectivity index (χ2v) is 5.68. The van der Waals surface area contributed by atoms with E-state index in [0.29, 0.717) is 10.8 Å². The molecule has 0 fully saturated rings. The molecule has 0 aliphatic rings. The molecule has 3 heteroatoms. The SMILES string of the molecule is CC(C)Sc1ccccc1C(C)(F)CN. The minimum atomic E-state index is -1.43. The second-order valence-electron chi connectivity index (χ2n) is 4.06. The lowest BCUT2D eigenvalue weighted by atomic mass is 9.98. The van der Waals surface area contributed by atoms with Crippen LogP contribution < -0.4 is 5.73 Å². The first-order chi connectivity index (χ1) is 6.97. The van der Waals surface area contributed by atoms with Crippen molar-refractivity contribution >= 4 is 11.8 Å². The summed E-state index contributed by atoms with van der Waals surface area (Å²) in [4.78, 5) is 0.989. The average Bonchev–Trinajstić information content (AvgIpc) is 2.17. The van der Waals surface area contributed by atoms with Gasteiger partial charge in [-0.15, -0.1) is 11.8 Å². The van der Waals surface area contributed by atoms with Gasteiger partial charge in [-0.2, -0.15) is 0 Å². The van der Waals surface area contributed by atoms with E-state index in [1.807, 2.05) is 24.3 Å². The van der Waals surface area contributed by atoms with E-state index in [4.69, 9.17) is 5.73 Å². The maximum Gasteiger partial charge on any atom is 0.146 e. The molecular formula is C12H18FNS. The van der Waals surface area contributed by atoms with Gasteiger partial charge in [0.05, 0.1) is 0 Å². The lowest BCUT2D eigenvalue weighted by Gasteiger charge is -2.22. The number of nitrogens with two attached hydrogens (primary N) is 1. The molecule has 1 aromatic rings. The predicted molar refractivity (Wildman–Crippen MR) is 64.9 cm³/mol. The molecule has 1 aromatic carbocycles. The van der Waals surface area contributed by atoms with E-state index in [-0.39, 0.29) is 6.54 Å². The molecule has 0 saturated carbocycles. The van der Waals surface area contributed by atoms with Crippen molar-refractivity contribution in [2.75, 3.05) is 6.54 Å². The van der Waals surface area contributed by atoms with E-state index in [0.717, 1.165) is 4.90 Å². The Morgan fingerprint density at radius 1 is 1.40 bits per heavy atom. The Bertz CT molecular complexity index is 323. The Labute approximate surface area is 95.2 Å². The summed E-state index contributed by atoms with van der Waals surface area (Å²) in [5.41, 5.74) is 4.72. The minimum Gasteiger partial charge on any atom is -0.327 e. The molecule has 0 amide bonds. The third kappa shape index (κ3) is 3.21. The van der Waals surface area contributed by atoms with Crippen molar-refractivity contribution in [3.05, 3.63) is 29.8 Å². The monoisotopic (exact) mass is 227 g/mol. The fraction of sp³-hybridized carbons (Fsp3) is 0.500. The third-order valence-corrected chi connectivity index (χ3v) is 3.28. The predicted octanol–water partition coefficient (Wildman–Crippen LogP) is 3.33. The summed E-state index contributed by atoms with van der Waals surface area (Å²) >= 11 is 1.67. The standard InChI is InChI=1S/C12H18FNS/c1-9(2)15-11-7-5-4-6-10(11)12(3,13)8-14/h4-7,9H,8,14H2,1-3H3. The topological polar surface area (TPSA) is 26.0 Å². The minimum absolute atomic E-state index is 0.0165. The van der Waals surface area contributed by atoms with Gasteiger partial charge in [0.15, 0.2) is 0 Å². The van der Waals surface area contributed by atoms with Crippen LogP contribution in [0, 0.1) is 0 Å². The molecule has 0 radical (unpaired) electrons. The highest BCUT2D eigenvalue weighted by atomic mass is 32.2.